The van der Waals surface area contributed by atoms with Crippen molar-refractivity contribution in [1.82, 2.24) is 0 Å². The van der Waals surface area contributed by atoms with Crippen molar-refractivity contribution in [1.29, 1.82) is 0 Å². The second-order valence-corrected chi connectivity index (χ2v) is 4.56. The van der Waals surface area contributed by atoms with Gasteiger partial charge in [-0.2, -0.15) is 0 Å². The summed E-state index contributed by atoms with van der Waals surface area (Å²) in [5.74, 6) is 0. The van der Waals surface area contributed by atoms with Crippen LogP contribution in [-0.2, 0) is 0 Å². The lowest BCUT2D eigenvalue weighted by molar-refractivity contribution is 1.46. The third kappa shape index (κ3) is 4.44. The van der Waals surface area contributed by atoms with Crippen molar-refractivity contribution in [2.75, 3.05) is 0 Å². The average Bonchev–Trinajstić information content (AvgIpc) is 2.45. The monoisotopic (exact) mass is 246 g/mol. The van der Waals surface area contributed by atoms with Crippen LogP contribution in [0, 0.1) is 6.92 Å². The van der Waals surface area contributed by atoms with Gasteiger partial charge in [0.15, 0.2) is 0 Å². The van der Waals surface area contributed by atoms with E-state index in [4.69, 9.17) is 0 Å². The van der Waals surface area contributed by atoms with E-state index in [9.17, 15) is 0 Å². The molecule has 0 saturated heterocycles. The fourth-order valence-electron chi connectivity index (χ4n) is 1.70. The van der Waals surface area contributed by atoms with E-state index in [0.29, 0.717) is 0 Å². The minimum absolute atomic E-state index is 0.990. The summed E-state index contributed by atoms with van der Waals surface area (Å²) in [5, 5.41) is 0. The standard InChI is InChI=1S/C19H18/c1-16(8-12-18-6-4-3-5-7-18)9-13-19-14-10-17(2)11-15-19/h3-15H,1H2,2H3/b12-8+,13-9+. The Bertz CT molecular complexity index is 584. The molecular weight excluding hydrogens is 228 g/mol. The van der Waals surface area contributed by atoms with Crippen LogP contribution in [0.4, 0.5) is 0 Å². The lowest BCUT2D eigenvalue weighted by Gasteiger charge is -1.95. The van der Waals surface area contributed by atoms with Crippen LogP contribution in [0.5, 0.6) is 0 Å². The molecule has 0 bridgehead atoms. The summed E-state index contributed by atoms with van der Waals surface area (Å²) >= 11 is 0. The van der Waals surface area contributed by atoms with Gasteiger partial charge in [-0.25, -0.2) is 0 Å². The van der Waals surface area contributed by atoms with E-state index in [1.54, 1.807) is 0 Å². The van der Waals surface area contributed by atoms with Crippen LogP contribution in [0.25, 0.3) is 12.2 Å². The molecule has 0 amide bonds. The summed E-state index contributed by atoms with van der Waals surface area (Å²) in [4.78, 5) is 0. The summed E-state index contributed by atoms with van der Waals surface area (Å²) < 4.78 is 0. The lowest BCUT2D eigenvalue weighted by Crippen LogP contribution is -1.74. The first-order valence-corrected chi connectivity index (χ1v) is 6.41. The molecule has 0 aliphatic rings. The van der Waals surface area contributed by atoms with Gasteiger partial charge in [0.1, 0.15) is 0 Å². The van der Waals surface area contributed by atoms with Crippen LogP contribution < -0.4 is 0 Å². The molecule has 2 aromatic rings. The van der Waals surface area contributed by atoms with E-state index < -0.39 is 0 Å². The second-order valence-electron chi connectivity index (χ2n) is 4.56. The first kappa shape index (κ1) is 13.1. The van der Waals surface area contributed by atoms with Gasteiger partial charge in [-0.3, -0.25) is 0 Å². The van der Waals surface area contributed by atoms with E-state index in [1.165, 1.54) is 16.7 Å². The Kier molecular flexibility index (Phi) is 4.52. The minimum atomic E-state index is 0.990. The van der Waals surface area contributed by atoms with Gasteiger partial charge in [-0.1, -0.05) is 91.0 Å². The number of rotatable bonds is 4. The molecular formula is C19H18. The van der Waals surface area contributed by atoms with Crippen LogP contribution in [0.3, 0.4) is 0 Å². The predicted octanol–water partition coefficient (Wildman–Crippen LogP) is 5.28. The SMILES string of the molecule is C=C(/C=C/c1ccccc1)/C=C/c1ccc(C)cc1. The maximum Gasteiger partial charge on any atom is -0.0256 e. The molecule has 0 aliphatic carbocycles. The molecule has 0 heterocycles. The summed E-state index contributed by atoms with van der Waals surface area (Å²) in [7, 11) is 0. The fraction of sp³-hybridized carbons (Fsp3) is 0.0526. The van der Waals surface area contributed by atoms with Crippen molar-refractivity contribution in [3.63, 3.8) is 0 Å². The zero-order chi connectivity index (χ0) is 13.5. The van der Waals surface area contributed by atoms with E-state index in [1.807, 2.05) is 30.4 Å². The summed E-state index contributed by atoms with van der Waals surface area (Å²) in [5.41, 5.74) is 4.65. The van der Waals surface area contributed by atoms with Crippen molar-refractivity contribution in [2.24, 2.45) is 0 Å². The molecule has 0 aliphatic heterocycles. The van der Waals surface area contributed by atoms with Crippen LogP contribution in [0.2, 0.25) is 0 Å². The highest BCUT2D eigenvalue weighted by molar-refractivity contribution is 5.59. The quantitative estimate of drug-likeness (QED) is 0.644. The number of hydrogen-bond donors (Lipinski definition) is 0. The second kappa shape index (κ2) is 6.55. The van der Waals surface area contributed by atoms with Gasteiger partial charge in [0, 0.05) is 0 Å². The van der Waals surface area contributed by atoms with Gasteiger partial charge in [0.05, 0.1) is 0 Å². The van der Waals surface area contributed by atoms with Crippen molar-refractivity contribution in [3.05, 3.63) is 95.6 Å². The summed E-state index contributed by atoms with van der Waals surface area (Å²) in [6, 6.07) is 18.7. The van der Waals surface area contributed by atoms with E-state index >= 15 is 0 Å². The van der Waals surface area contributed by atoms with E-state index in [2.05, 4.69) is 62.1 Å². The van der Waals surface area contributed by atoms with Gasteiger partial charge in [-0.05, 0) is 23.6 Å². The summed E-state index contributed by atoms with van der Waals surface area (Å²) in [6.45, 7) is 6.12. The molecule has 0 radical (unpaired) electrons. The first-order valence-electron chi connectivity index (χ1n) is 6.41. The third-order valence-corrected chi connectivity index (χ3v) is 2.86. The molecule has 94 valence electrons. The van der Waals surface area contributed by atoms with E-state index in [-0.39, 0.29) is 0 Å². The molecule has 0 aromatic heterocycles. The Hall–Kier alpha value is -2.34. The molecule has 0 heteroatoms. The zero-order valence-corrected chi connectivity index (χ0v) is 11.2. The highest BCUT2D eigenvalue weighted by Crippen LogP contribution is 2.09. The molecule has 0 unspecified atom stereocenters. The van der Waals surface area contributed by atoms with Crippen LogP contribution in [-0.4, -0.2) is 0 Å². The normalized spacial score (nSPS) is 11.2. The van der Waals surface area contributed by atoms with Crippen LogP contribution in [0.15, 0.2) is 78.9 Å². The Labute approximate surface area is 115 Å². The molecule has 0 atom stereocenters. The molecule has 0 saturated carbocycles. The lowest BCUT2D eigenvalue weighted by atomic mass is 10.1. The third-order valence-electron chi connectivity index (χ3n) is 2.86. The summed E-state index contributed by atoms with van der Waals surface area (Å²) in [6.07, 6.45) is 8.21. The smallest absolute Gasteiger partial charge is 0.0256 e. The van der Waals surface area contributed by atoms with Crippen molar-refractivity contribution >= 4 is 12.2 Å². The predicted molar refractivity (Wildman–Crippen MR) is 84.8 cm³/mol. The number of aryl methyl sites for hydroxylation is 1. The molecule has 19 heavy (non-hydrogen) atoms. The van der Waals surface area contributed by atoms with Gasteiger partial charge < -0.3 is 0 Å². The maximum atomic E-state index is 4.03. The molecule has 0 spiro atoms. The molecule has 0 nitrogen and oxygen atoms in total. The van der Waals surface area contributed by atoms with Gasteiger partial charge in [0.25, 0.3) is 0 Å². The molecule has 0 N–H and O–H groups in total. The van der Waals surface area contributed by atoms with Gasteiger partial charge in [-0.15, -0.1) is 0 Å². The first-order chi connectivity index (χ1) is 9.24. The Balaban J connectivity index is 1.98. The fourth-order valence-corrected chi connectivity index (χ4v) is 1.70. The molecule has 2 rings (SSSR count). The Morgan fingerprint density at radius 2 is 1.32 bits per heavy atom. The van der Waals surface area contributed by atoms with Gasteiger partial charge in [0.2, 0.25) is 0 Å². The highest BCUT2D eigenvalue weighted by Gasteiger charge is 1.87. The number of hydrogen-bond acceptors (Lipinski definition) is 0. The highest BCUT2D eigenvalue weighted by atomic mass is 13.9. The molecule has 0 fully saturated rings. The largest absolute Gasteiger partial charge is 0.0918 e. The van der Waals surface area contributed by atoms with Crippen LogP contribution in [0.1, 0.15) is 16.7 Å². The van der Waals surface area contributed by atoms with Crippen LogP contribution >= 0.6 is 0 Å². The number of benzene rings is 2. The average molecular weight is 246 g/mol. The topological polar surface area (TPSA) is 0 Å². The zero-order valence-electron chi connectivity index (χ0n) is 11.2. The molecule has 2 aromatic carbocycles. The van der Waals surface area contributed by atoms with Crippen molar-refractivity contribution < 1.29 is 0 Å². The van der Waals surface area contributed by atoms with E-state index in [0.717, 1.165) is 5.57 Å². The maximum absolute atomic E-state index is 4.03. The van der Waals surface area contributed by atoms with Crippen molar-refractivity contribution in [2.45, 2.75) is 6.92 Å². The minimum Gasteiger partial charge on any atom is -0.0918 e. The Morgan fingerprint density at radius 1 is 0.789 bits per heavy atom. The Morgan fingerprint density at radius 3 is 1.89 bits per heavy atom. The number of allylic oxidation sites excluding steroid dienone is 3. The van der Waals surface area contributed by atoms with Crippen molar-refractivity contribution in [3.8, 4) is 0 Å². The van der Waals surface area contributed by atoms with Gasteiger partial charge >= 0.3 is 0 Å².